The summed E-state index contributed by atoms with van der Waals surface area (Å²) in [6, 6.07) is 17.6. The van der Waals surface area contributed by atoms with E-state index in [1.165, 1.54) is 16.7 Å². The first kappa shape index (κ1) is 22.2. The van der Waals surface area contributed by atoms with Crippen molar-refractivity contribution in [3.63, 3.8) is 0 Å². The summed E-state index contributed by atoms with van der Waals surface area (Å²) in [5.74, 6) is 0.283. The summed E-state index contributed by atoms with van der Waals surface area (Å²) in [4.78, 5) is 32.0. The molecule has 0 unspecified atom stereocenters. The minimum Gasteiger partial charge on any atom is -0.330 e. The van der Waals surface area contributed by atoms with E-state index in [4.69, 9.17) is 4.98 Å². The van der Waals surface area contributed by atoms with Crippen LogP contribution in [-0.2, 0) is 6.54 Å². The second-order valence-corrected chi connectivity index (χ2v) is 9.02. The van der Waals surface area contributed by atoms with Gasteiger partial charge in [0.05, 0.1) is 41.8 Å². The van der Waals surface area contributed by atoms with Crippen LogP contribution in [0.15, 0.2) is 64.5 Å². The van der Waals surface area contributed by atoms with Crippen molar-refractivity contribution in [2.45, 2.75) is 51.5 Å². The van der Waals surface area contributed by atoms with Gasteiger partial charge in [0.25, 0.3) is 5.56 Å². The molecular formula is C24H30N3O2S+. The molecule has 0 atom stereocenters. The van der Waals surface area contributed by atoms with Gasteiger partial charge in [-0.25, -0.2) is 4.98 Å². The van der Waals surface area contributed by atoms with Crippen molar-refractivity contribution >= 4 is 28.4 Å². The van der Waals surface area contributed by atoms with Gasteiger partial charge in [0, 0.05) is 5.56 Å². The summed E-state index contributed by atoms with van der Waals surface area (Å²) in [6.07, 6.45) is 0. The van der Waals surface area contributed by atoms with E-state index >= 15 is 0 Å². The molecule has 0 amide bonds. The van der Waals surface area contributed by atoms with Crippen LogP contribution in [0.25, 0.3) is 10.9 Å². The van der Waals surface area contributed by atoms with Crippen molar-refractivity contribution in [2.75, 3.05) is 12.3 Å². The molecule has 0 saturated heterocycles. The van der Waals surface area contributed by atoms with Crippen molar-refractivity contribution in [3.05, 3.63) is 70.5 Å². The minimum atomic E-state index is -0.0397. The highest BCUT2D eigenvalue weighted by atomic mass is 32.2. The maximum Gasteiger partial charge on any atom is 0.262 e. The topological polar surface area (TPSA) is 56.4 Å². The lowest BCUT2D eigenvalue weighted by molar-refractivity contribution is -0.942. The molecule has 0 saturated carbocycles. The van der Waals surface area contributed by atoms with Gasteiger partial charge in [-0.1, -0.05) is 54.2 Å². The molecule has 2 aromatic carbocycles. The monoisotopic (exact) mass is 424 g/mol. The van der Waals surface area contributed by atoms with E-state index in [9.17, 15) is 9.59 Å². The molecular weight excluding hydrogens is 394 g/mol. The molecule has 6 heteroatoms. The molecule has 1 N–H and O–H groups in total. The van der Waals surface area contributed by atoms with E-state index < -0.39 is 0 Å². The Morgan fingerprint density at radius 1 is 1.00 bits per heavy atom. The third-order valence-electron chi connectivity index (χ3n) is 5.36. The van der Waals surface area contributed by atoms with Gasteiger partial charge in [-0.2, -0.15) is 0 Å². The quantitative estimate of drug-likeness (QED) is 0.326. The zero-order valence-electron chi connectivity index (χ0n) is 18.1. The van der Waals surface area contributed by atoms with Crippen LogP contribution in [0.1, 0.15) is 38.1 Å². The summed E-state index contributed by atoms with van der Waals surface area (Å²) in [7, 11) is 0. The highest BCUT2D eigenvalue weighted by Gasteiger charge is 2.20. The number of aromatic nitrogens is 2. The Morgan fingerprint density at radius 2 is 1.63 bits per heavy atom. The number of rotatable bonds is 9. The first-order valence-electron chi connectivity index (χ1n) is 10.4. The number of nitrogens with one attached hydrogen (secondary N) is 1. The van der Waals surface area contributed by atoms with Crippen LogP contribution < -0.4 is 10.5 Å². The normalized spacial score (nSPS) is 11.7. The fourth-order valence-corrected chi connectivity index (χ4v) is 4.70. The zero-order valence-corrected chi connectivity index (χ0v) is 18.9. The lowest BCUT2D eigenvalue weighted by Crippen LogP contribution is -3.18. The Morgan fingerprint density at radius 3 is 2.30 bits per heavy atom. The van der Waals surface area contributed by atoms with Crippen LogP contribution in [0.2, 0.25) is 0 Å². The lowest BCUT2D eigenvalue weighted by atomic mass is 10.2. The van der Waals surface area contributed by atoms with E-state index in [0.29, 0.717) is 40.3 Å². The molecule has 3 aromatic rings. The number of fused-ring (bicyclic) bond motifs is 1. The molecule has 0 aliphatic rings. The second-order valence-electron chi connectivity index (χ2n) is 8.08. The zero-order chi connectivity index (χ0) is 21.7. The number of carbonyl (C=O) groups excluding carboxylic acids is 1. The number of ketones is 1. The van der Waals surface area contributed by atoms with Crippen molar-refractivity contribution in [3.8, 4) is 0 Å². The standard InChI is InChI=1S/C24H29N3O2S/c1-17(2)26(18(3)4)14-15-27-23(29)20-12-8-9-13-21(20)25-24(27)30-16-22(28)19-10-6-5-7-11-19/h5-13,17-18H,14-16H2,1-4H3/p+1. The Kier molecular flexibility index (Phi) is 7.45. The van der Waals surface area contributed by atoms with Gasteiger partial charge in [0.2, 0.25) is 0 Å². The van der Waals surface area contributed by atoms with Crippen molar-refractivity contribution < 1.29 is 9.69 Å². The maximum absolute atomic E-state index is 13.2. The highest BCUT2D eigenvalue weighted by molar-refractivity contribution is 7.99. The van der Waals surface area contributed by atoms with Crippen LogP contribution in [-0.4, -0.2) is 39.7 Å². The third kappa shape index (κ3) is 5.18. The number of benzene rings is 2. The molecule has 1 aromatic heterocycles. The summed E-state index contributed by atoms with van der Waals surface area (Å²) >= 11 is 1.34. The Balaban J connectivity index is 1.90. The molecule has 0 aliphatic heterocycles. The number of hydrogen-bond acceptors (Lipinski definition) is 4. The molecule has 0 spiro atoms. The number of carbonyl (C=O) groups is 1. The first-order valence-corrected chi connectivity index (χ1v) is 11.4. The van der Waals surface area contributed by atoms with E-state index in [1.54, 1.807) is 4.57 Å². The Labute approximate surface area is 182 Å². The average molecular weight is 425 g/mol. The van der Waals surface area contributed by atoms with Crippen LogP contribution in [0.4, 0.5) is 0 Å². The molecule has 0 fully saturated rings. The fourth-order valence-electron chi connectivity index (χ4n) is 3.78. The molecule has 158 valence electrons. The smallest absolute Gasteiger partial charge is 0.262 e. The van der Waals surface area contributed by atoms with Gasteiger partial charge in [-0.3, -0.25) is 14.2 Å². The Hall–Kier alpha value is -2.44. The SMILES string of the molecule is CC(C)[NH+](CCn1c(SCC(=O)c2ccccc2)nc2ccccc2c1=O)C(C)C. The van der Waals surface area contributed by atoms with E-state index in [1.807, 2.05) is 54.6 Å². The first-order chi connectivity index (χ1) is 14.4. The van der Waals surface area contributed by atoms with Gasteiger partial charge < -0.3 is 4.90 Å². The van der Waals surface area contributed by atoms with Crippen molar-refractivity contribution in [1.29, 1.82) is 0 Å². The number of Topliss-reactive ketones (excluding diaryl/α,β-unsaturated/α-hetero) is 1. The molecule has 30 heavy (non-hydrogen) atoms. The average Bonchev–Trinajstić information content (AvgIpc) is 2.74. The van der Waals surface area contributed by atoms with Crippen molar-refractivity contribution in [1.82, 2.24) is 9.55 Å². The summed E-state index contributed by atoms with van der Waals surface area (Å²) in [6.45, 7) is 10.2. The van der Waals surface area contributed by atoms with E-state index in [0.717, 1.165) is 6.54 Å². The number of hydrogen-bond donors (Lipinski definition) is 1. The highest BCUT2D eigenvalue weighted by Crippen LogP contribution is 2.19. The molecule has 3 rings (SSSR count). The summed E-state index contributed by atoms with van der Waals surface area (Å²) < 4.78 is 1.75. The van der Waals surface area contributed by atoms with E-state index in [2.05, 4.69) is 27.7 Å². The van der Waals surface area contributed by atoms with Crippen molar-refractivity contribution in [2.24, 2.45) is 0 Å². The van der Waals surface area contributed by atoms with Gasteiger partial charge in [0.15, 0.2) is 10.9 Å². The molecule has 0 aliphatic carbocycles. The van der Waals surface area contributed by atoms with Crippen LogP contribution in [0, 0.1) is 0 Å². The van der Waals surface area contributed by atoms with Gasteiger partial charge in [0.1, 0.15) is 0 Å². The van der Waals surface area contributed by atoms with Crippen LogP contribution in [0.5, 0.6) is 0 Å². The minimum absolute atomic E-state index is 0.0335. The number of nitrogens with zero attached hydrogens (tertiary/aromatic N) is 2. The number of quaternary nitrogens is 1. The van der Waals surface area contributed by atoms with Crippen LogP contribution >= 0.6 is 11.8 Å². The molecule has 1 heterocycles. The molecule has 0 bridgehead atoms. The number of para-hydroxylation sites is 1. The van der Waals surface area contributed by atoms with Gasteiger partial charge in [-0.15, -0.1) is 0 Å². The van der Waals surface area contributed by atoms with E-state index in [-0.39, 0.29) is 17.1 Å². The maximum atomic E-state index is 13.2. The predicted molar refractivity (Wildman–Crippen MR) is 124 cm³/mol. The summed E-state index contributed by atoms with van der Waals surface area (Å²) in [5, 5.41) is 1.22. The predicted octanol–water partition coefficient (Wildman–Crippen LogP) is 3.07. The second kappa shape index (κ2) is 10.0. The molecule has 5 nitrogen and oxygen atoms in total. The van der Waals surface area contributed by atoms with Gasteiger partial charge >= 0.3 is 0 Å². The van der Waals surface area contributed by atoms with Crippen LogP contribution in [0.3, 0.4) is 0 Å². The lowest BCUT2D eigenvalue weighted by Gasteiger charge is -2.28. The Bertz CT molecular complexity index is 1050. The number of thioether (sulfide) groups is 1. The largest absolute Gasteiger partial charge is 0.330 e. The third-order valence-corrected chi connectivity index (χ3v) is 6.34. The summed E-state index contributed by atoms with van der Waals surface area (Å²) in [5.41, 5.74) is 1.31. The fraction of sp³-hybridized carbons (Fsp3) is 0.375. The molecule has 0 radical (unpaired) electrons. The van der Waals surface area contributed by atoms with Gasteiger partial charge in [-0.05, 0) is 39.8 Å².